The molecule has 2 atom stereocenters. The number of halogens is 1. The maximum atomic E-state index is 12.4. The van der Waals surface area contributed by atoms with E-state index in [9.17, 15) is 9.59 Å². The highest BCUT2D eigenvalue weighted by Gasteiger charge is 2.40. The zero-order valence-electron chi connectivity index (χ0n) is 11.4. The van der Waals surface area contributed by atoms with Crippen LogP contribution in [0.4, 0.5) is 0 Å². The van der Waals surface area contributed by atoms with E-state index in [1.807, 2.05) is 27.7 Å². The van der Waals surface area contributed by atoms with E-state index < -0.39 is 6.04 Å². The highest BCUT2D eigenvalue weighted by molar-refractivity contribution is 6.25. The average molecular weight is 273 g/mol. The summed E-state index contributed by atoms with van der Waals surface area (Å²) in [7, 11) is 0. The third-order valence-electron chi connectivity index (χ3n) is 3.19. The van der Waals surface area contributed by atoms with E-state index >= 15 is 0 Å². The van der Waals surface area contributed by atoms with Gasteiger partial charge in [-0.1, -0.05) is 32.4 Å². The first-order valence-corrected chi connectivity index (χ1v) is 6.72. The van der Waals surface area contributed by atoms with Crippen molar-refractivity contribution in [3.05, 3.63) is 11.1 Å². The van der Waals surface area contributed by atoms with Gasteiger partial charge in [0, 0.05) is 12.1 Å². The quantitative estimate of drug-likeness (QED) is 0.850. The fourth-order valence-electron chi connectivity index (χ4n) is 2.13. The molecular formula is C13H21ClN2O2. The Balaban J connectivity index is 2.98. The molecule has 0 aromatic heterocycles. The van der Waals surface area contributed by atoms with E-state index in [1.54, 1.807) is 4.90 Å². The number of piperazine rings is 1. The van der Waals surface area contributed by atoms with Crippen LogP contribution in [0.3, 0.4) is 0 Å². The van der Waals surface area contributed by atoms with Crippen molar-refractivity contribution >= 4 is 23.4 Å². The Morgan fingerprint density at radius 1 is 1.50 bits per heavy atom. The second-order valence-electron chi connectivity index (χ2n) is 5.08. The molecule has 1 heterocycles. The first-order valence-electron chi connectivity index (χ1n) is 6.29. The van der Waals surface area contributed by atoms with E-state index in [2.05, 4.69) is 5.32 Å². The lowest BCUT2D eigenvalue weighted by Crippen LogP contribution is -2.64. The Kier molecular flexibility index (Phi) is 5.20. The Morgan fingerprint density at radius 2 is 2.11 bits per heavy atom. The van der Waals surface area contributed by atoms with Crippen molar-refractivity contribution in [1.29, 1.82) is 0 Å². The monoisotopic (exact) mass is 272 g/mol. The topological polar surface area (TPSA) is 49.4 Å². The second-order valence-corrected chi connectivity index (χ2v) is 5.29. The molecule has 1 rings (SSSR count). The molecule has 5 heteroatoms. The minimum Gasteiger partial charge on any atom is -0.342 e. The summed E-state index contributed by atoms with van der Waals surface area (Å²) >= 11 is 5.64. The number of nitrogens with zero attached hydrogens (tertiary/aromatic N) is 1. The average Bonchev–Trinajstić information content (AvgIpc) is 2.33. The summed E-state index contributed by atoms with van der Waals surface area (Å²) in [6.45, 7) is 8.02. The van der Waals surface area contributed by atoms with Gasteiger partial charge in [-0.25, -0.2) is 0 Å². The van der Waals surface area contributed by atoms with Gasteiger partial charge in [-0.05, 0) is 24.8 Å². The molecule has 0 aromatic rings. The fourth-order valence-corrected chi connectivity index (χ4v) is 2.20. The molecule has 0 aromatic carbocycles. The smallest absolute Gasteiger partial charge is 0.246 e. The van der Waals surface area contributed by atoms with Crippen LogP contribution in [0.25, 0.3) is 0 Å². The zero-order valence-corrected chi connectivity index (χ0v) is 12.1. The third kappa shape index (κ3) is 3.05. The van der Waals surface area contributed by atoms with Crippen LogP contribution in [0.5, 0.6) is 0 Å². The number of carbonyl (C=O) groups is 2. The van der Waals surface area contributed by atoms with Gasteiger partial charge in [-0.3, -0.25) is 9.59 Å². The molecule has 1 fully saturated rings. The molecule has 2 unspecified atom stereocenters. The van der Waals surface area contributed by atoms with Gasteiger partial charge in [0.05, 0.1) is 0 Å². The van der Waals surface area contributed by atoms with Crippen LogP contribution in [0.1, 0.15) is 34.1 Å². The maximum absolute atomic E-state index is 12.4. The molecule has 0 aliphatic carbocycles. The molecule has 0 radical (unpaired) electrons. The number of nitrogens with one attached hydrogen (secondary N) is 1. The predicted molar refractivity (Wildman–Crippen MR) is 72.2 cm³/mol. The fraction of sp³-hybridized carbons (Fsp3) is 0.692. The maximum Gasteiger partial charge on any atom is 0.246 e. The van der Waals surface area contributed by atoms with Gasteiger partial charge in [-0.15, -0.1) is 0 Å². The van der Waals surface area contributed by atoms with Crippen LogP contribution < -0.4 is 5.32 Å². The standard InChI is InChI=1S/C13H21ClN2O2/c1-5-10-12(17)15-11(8(2)3)13(18)16(10)7-9(4)6-14/h6,8,10-11H,5,7H2,1-4H3,(H,15,17). The minimum absolute atomic E-state index is 0.0192. The molecule has 0 saturated carbocycles. The minimum atomic E-state index is -0.427. The number of hydrogen-bond donors (Lipinski definition) is 1. The molecule has 2 amide bonds. The van der Waals surface area contributed by atoms with Crippen LogP contribution in [0.15, 0.2) is 11.1 Å². The zero-order chi connectivity index (χ0) is 13.9. The van der Waals surface area contributed by atoms with Crippen molar-refractivity contribution in [2.45, 2.75) is 46.2 Å². The predicted octanol–water partition coefficient (Wildman–Crippen LogP) is 1.89. The van der Waals surface area contributed by atoms with E-state index in [-0.39, 0.29) is 23.8 Å². The lowest BCUT2D eigenvalue weighted by molar-refractivity contribution is -0.150. The van der Waals surface area contributed by atoms with E-state index in [4.69, 9.17) is 11.6 Å². The molecule has 1 aliphatic heterocycles. The van der Waals surface area contributed by atoms with Gasteiger partial charge >= 0.3 is 0 Å². The first-order chi connectivity index (χ1) is 8.42. The molecule has 4 nitrogen and oxygen atoms in total. The second kappa shape index (κ2) is 6.23. The van der Waals surface area contributed by atoms with Crippen LogP contribution in [0, 0.1) is 5.92 Å². The number of amides is 2. The Hall–Kier alpha value is -1.03. The first kappa shape index (κ1) is 15.0. The number of rotatable bonds is 4. The molecule has 0 spiro atoms. The lowest BCUT2D eigenvalue weighted by atomic mass is 9.96. The number of carbonyl (C=O) groups excluding carboxylic acids is 2. The van der Waals surface area contributed by atoms with Gasteiger partial charge in [0.1, 0.15) is 12.1 Å². The van der Waals surface area contributed by atoms with Gasteiger partial charge in [0.2, 0.25) is 11.8 Å². The Bertz CT molecular complexity index is 366. The van der Waals surface area contributed by atoms with Crippen LogP contribution in [0.2, 0.25) is 0 Å². The molecule has 0 bridgehead atoms. The summed E-state index contributed by atoms with van der Waals surface area (Å²) in [5, 5.41) is 2.81. The third-order valence-corrected chi connectivity index (χ3v) is 3.56. The summed E-state index contributed by atoms with van der Waals surface area (Å²) in [6.07, 6.45) is 0.609. The highest BCUT2D eigenvalue weighted by atomic mass is 35.5. The molecular weight excluding hydrogens is 252 g/mol. The van der Waals surface area contributed by atoms with Crippen LogP contribution in [-0.2, 0) is 9.59 Å². The Labute approximate surface area is 113 Å². The van der Waals surface area contributed by atoms with Crippen LogP contribution in [-0.4, -0.2) is 35.3 Å². The van der Waals surface area contributed by atoms with Gasteiger partial charge in [0.15, 0.2) is 0 Å². The normalized spacial score (nSPS) is 25.7. The SMILES string of the molecule is CCC1C(=O)NC(C(C)C)C(=O)N1CC(C)=CCl. The van der Waals surface area contributed by atoms with Crippen molar-refractivity contribution in [3.8, 4) is 0 Å². The van der Waals surface area contributed by atoms with Crippen molar-refractivity contribution < 1.29 is 9.59 Å². The summed E-state index contributed by atoms with van der Waals surface area (Å²) in [5.41, 5.74) is 2.33. The summed E-state index contributed by atoms with van der Waals surface area (Å²) in [4.78, 5) is 26.0. The summed E-state index contributed by atoms with van der Waals surface area (Å²) < 4.78 is 0. The largest absolute Gasteiger partial charge is 0.342 e. The van der Waals surface area contributed by atoms with Crippen molar-refractivity contribution in [3.63, 3.8) is 0 Å². The number of hydrogen-bond acceptors (Lipinski definition) is 2. The molecule has 1 N–H and O–H groups in total. The highest BCUT2D eigenvalue weighted by Crippen LogP contribution is 2.19. The van der Waals surface area contributed by atoms with Gasteiger partial charge in [-0.2, -0.15) is 0 Å². The molecule has 18 heavy (non-hydrogen) atoms. The van der Waals surface area contributed by atoms with E-state index in [0.717, 1.165) is 5.57 Å². The van der Waals surface area contributed by atoms with E-state index in [1.165, 1.54) is 5.54 Å². The molecule has 1 aliphatic rings. The van der Waals surface area contributed by atoms with Crippen molar-refractivity contribution in [2.75, 3.05) is 6.54 Å². The molecule has 102 valence electrons. The van der Waals surface area contributed by atoms with Gasteiger partial charge < -0.3 is 10.2 Å². The summed E-state index contributed by atoms with van der Waals surface area (Å²) in [5.74, 6) is -0.00506. The van der Waals surface area contributed by atoms with Gasteiger partial charge in [0.25, 0.3) is 0 Å². The van der Waals surface area contributed by atoms with Crippen LogP contribution >= 0.6 is 11.6 Å². The van der Waals surface area contributed by atoms with Crippen molar-refractivity contribution in [2.24, 2.45) is 5.92 Å². The van der Waals surface area contributed by atoms with E-state index in [0.29, 0.717) is 13.0 Å². The van der Waals surface area contributed by atoms with Crippen molar-refractivity contribution in [1.82, 2.24) is 10.2 Å². The summed E-state index contributed by atoms with van der Waals surface area (Å²) in [6, 6.07) is -0.817. The molecule has 1 saturated heterocycles. The Morgan fingerprint density at radius 3 is 2.56 bits per heavy atom. The lowest BCUT2D eigenvalue weighted by Gasteiger charge is -2.40.